The van der Waals surface area contributed by atoms with Gasteiger partial charge in [0.2, 0.25) is 11.8 Å². The minimum atomic E-state index is -0.530. The van der Waals surface area contributed by atoms with Crippen molar-refractivity contribution in [2.24, 2.45) is 5.73 Å². The number of nitrogens with one attached hydrogen (secondary N) is 1. The van der Waals surface area contributed by atoms with Gasteiger partial charge in [0.05, 0.1) is 11.9 Å². The second-order valence-electron chi connectivity index (χ2n) is 6.99. The van der Waals surface area contributed by atoms with Crippen LogP contribution in [0.1, 0.15) is 40.1 Å². The number of aromatic nitrogens is 1. The summed E-state index contributed by atoms with van der Waals surface area (Å²) < 4.78 is 5.64. The molecule has 3 rings (SSSR count). The number of hydrogen-bond donors (Lipinski definition) is 2. The van der Waals surface area contributed by atoms with Gasteiger partial charge in [-0.3, -0.25) is 14.5 Å². The zero-order valence-electron chi connectivity index (χ0n) is 17.7. The van der Waals surface area contributed by atoms with Crippen LogP contribution in [0.2, 0.25) is 0 Å². The second-order valence-corrected chi connectivity index (χ2v) is 6.99. The Balaban J connectivity index is 1.60. The zero-order valence-corrected chi connectivity index (χ0v) is 17.7. The molecule has 0 aliphatic carbocycles. The minimum Gasteiger partial charge on any atom is -0.439 e. The third-order valence-corrected chi connectivity index (χ3v) is 4.85. The summed E-state index contributed by atoms with van der Waals surface area (Å²) in [5.74, 6) is 0.0438. The largest absolute Gasteiger partial charge is 0.439 e. The van der Waals surface area contributed by atoms with Gasteiger partial charge in [-0.2, -0.15) is 0 Å². The summed E-state index contributed by atoms with van der Waals surface area (Å²) in [5.41, 5.74) is 7.93. The quantitative estimate of drug-likeness (QED) is 0.546. The van der Waals surface area contributed by atoms with Gasteiger partial charge in [-0.15, -0.1) is 0 Å². The number of benzene rings is 2. The van der Waals surface area contributed by atoms with Crippen molar-refractivity contribution in [2.75, 3.05) is 18.4 Å². The van der Waals surface area contributed by atoms with E-state index in [4.69, 9.17) is 10.5 Å². The van der Waals surface area contributed by atoms with E-state index < -0.39 is 5.91 Å². The molecule has 0 saturated carbocycles. The second kappa shape index (κ2) is 10.4. The lowest BCUT2D eigenvalue weighted by Gasteiger charge is -2.18. The molecular formula is C24H26N4O3. The summed E-state index contributed by atoms with van der Waals surface area (Å²) in [6.07, 6.45) is 1.51. The first-order chi connectivity index (χ1) is 15.0. The molecule has 0 unspecified atom stereocenters. The van der Waals surface area contributed by atoms with Crippen molar-refractivity contribution < 1.29 is 14.3 Å². The molecule has 1 heterocycles. The number of rotatable bonds is 9. The van der Waals surface area contributed by atoms with Crippen molar-refractivity contribution in [1.29, 1.82) is 0 Å². The SMILES string of the molecule is CCN(CC)Cc1ccc(C(=O)Nc2ccc(Oc3cccc(C(N)=O)c3)nc2)cc1. The first kappa shape index (κ1) is 22.0. The zero-order chi connectivity index (χ0) is 22.2. The average molecular weight is 418 g/mol. The molecule has 3 N–H and O–H groups in total. The number of hydrogen-bond acceptors (Lipinski definition) is 5. The van der Waals surface area contributed by atoms with E-state index in [1.54, 1.807) is 36.4 Å². The summed E-state index contributed by atoms with van der Waals surface area (Å²) in [6.45, 7) is 7.11. The number of carbonyl (C=O) groups is 2. The standard InChI is InChI=1S/C24H26N4O3/c1-3-28(4-2)16-17-8-10-18(11-9-17)24(30)27-20-12-13-22(26-15-20)31-21-7-5-6-19(14-21)23(25)29/h5-15H,3-4,16H2,1-2H3,(H2,25,29)(H,27,30). The van der Waals surface area contributed by atoms with Crippen LogP contribution >= 0.6 is 0 Å². The van der Waals surface area contributed by atoms with E-state index in [1.807, 2.05) is 24.3 Å². The molecule has 0 atom stereocenters. The highest BCUT2D eigenvalue weighted by atomic mass is 16.5. The van der Waals surface area contributed by atoms with Crippen LogP contribution in [-0.4, -0.2) is 34.8 Å². The third-order valence-electron chi connectivity index (χ3n) is 4.85. The predicted octanol–water partition coefficient (Wildman–Crippen LogP) is 4.07. The highest BCUT2D eigenvalue weighted by Gasteiger charge is 2.09. The Kier molecular flexibility index (Phi) is 7.35. The number of pyridine rings is 1. The Bertz CT molecular complexity index is 1030. The molecule has 0 radical (unpaired) electrons. The molecule has 0 aliphatic rings. The number of nitrogens with two attached hydrogens (primary N) is 1. The van der Waals surface area contributed by atoms with E-state index in [1.165, 1.54) is 11.8 Å². The van der Waals surface area contributed by atoms with E-state index in [0.717, 1.165) is 19.6 Å². The Hall–Kier alpha value is -3.71. The summed E-state index contributed by atoms with van der Waals surface area (Å²) in [4.78, 5) is 30.3. The van der Waals surface area contributed by atoms with Crippen molar-refractivity contribution in [1.82, 2.24) is 9.88 Å². The summed E-state index contributed by atoms with van der Waals surface area (Å²) in [5, 5.41) is 2.83. The summed E-state index contributed by atoms with van der Waals surface area (Å²) >= 11 is 0. The van der Waals surface area contributed by atoms with Gasteiger partial charge in [0, 0.05) is 23.7 Å². The maximum absolute atomic E-state index is 12.5. The Morgan fingerprint density at radius 1 is 1.00 bits per heavy atom. The van der Waals surface area contributed by atoms with Crippen molar-refractivity contribution >= 4 is 17.5 Å². The molecule has 0 saturated heterocycles. The lowest BCUT2D eigenvalue weighted by molar-refractivity contribution is 0.0997. The fourth-order valence-corrected chi connectivity index (χ4v) is 3.02. The van der Waals surface area contributed by atoms with Gasteiger partial charge in [0.1, 0.15) is 5.75 Å². The Morgan fingerprint density at radius 2 is 1.74 bits per heavy atom. The Morgan fingerprint density at radius 3 is 2.35 bits per heavy atom. The van der Waals surface area contributed by atoms with Crippen LogP contribution in [0.5, 0.6) is 11.6 Å². The highest BCUT2D eigenvalue weighted by molar-refractivity contribution is 6.04. The molecule has 1 aromatic heterocycles. The molecule has 0 aliphatic heterocycles. The van der Waals surface area contributed by atoms with Crippen LogP contribution < -0.4 is 15.8 Å². The Labute approximate surface area is 181 Å². The van der Waals surface area contributed by atoms with Crippen LogP contribution in [0.3, 0.4) is 0 Å². The number of carbonyl (C=O) groups excluding carboxylic acids is 2. The first-order valence-corrected chi connectivity index (χ1v) is 10.1. The van der Waals surface area contributed by atoms with Crippen molar-refractivity contribution in [3.05, 3.63) is 83.6 Å². The van der Waals surface area contributed by atoms with Crippen LogP contribution in [0, 0.1) is 0 Å². The number of ether oxygens (including phenoxy) is 1. The molecule has 7 heteroatoms. The summed E-state index contributed by atoms with van der Waals surface area (Å²) in [6, 6.07) is 17.5. The highest BCUT2D eigenvalue weighted by Crippen LogP contribution is 2.21. The number of anilines is 1. The molecular weight excluding hydrogens is 392 g/mol. The molecule has 31 heavy (non-hydrogen) atoms. The van der Waals surface area contributed by atoms with Gasteiger partial charge in [-0.25, -0.2) is 4.98 Å². The van der Waals surface area contributed by atoms with E-state index in [-0.39, 0.29) is 5.91 Å². The molecule has 7 nitrogen and oxygen atoms in total. The maximum Gasteiger partial charge on any atom is 0.255 e. The van der Waals surface area contributed by atoms with Gasteiger partial charge in [-0.05, 0) is 55.1 Å². The molecule has 0 bridgehead atoms. The molecule has 2 aromatic carbocycles. The molecule has 0 fully saturated rings. The molecule has 160 valence electrons. The number of amides is 2. The van der Waals surface area contributed by atoms with Gasteiger partial charge < -0.3 is 15.8 Å². The van der Waals surface area contributed by atoms with Crippen LogP contribution in [0.15, 0.2) is 66.9 Å². The number of nitrogens with zero attached hydrogens (tertiary/aromatic N) is 2. The molecule has 3 aromatic rings. The van der Waals surface area contributed by atoms with Crippen molar-refractivity contribution in [2.45, 2.75) is 20.4 Å². The minimum absolute atomic E-state index is 0.209. The monoisotopic (exact) mass is 418 g/mol. The van der Waals surface area contributed by atoms with Gasteiger partial charge in [-0.1, -0.05) is 32.0 Å². The topological polar surface area (TPSA) is 97.5 Å². The van der Waals surface area contributed by atoms with Crippen molar-refractivity contribution in [3.8, 4) is 11.6 Å². The van der Waals surface area contributed by atoms with E-state index in [9.17, 15) is 9.59 Å². The third kappa shape index (κ3) is 6.13. The van der Waals surface area contributed by atoms with Crippen LogP contribution in [0.25, 0.3) is 0 Å². The fourth-order valence-electron chi connectivity index (χ4n) is 3.02. The van der Waals surface area contributed by atoms with Crippen LogP contribution in [0.4, 0.5) is 5.69 Å². The van der Waals surface area contributed by atoms with Gasteiger partial charge in [0.25, 0.3) is 5.91 Å². The van der Waals surface area contributed by atoms with Gasteiger partial charge >= 0.3 is 0 Å². The van der Waals surface area contributed by atoms with Crippen LogP contribution in [-0.2, 0) is 6.54 Å². The lowest BCUT2D eigenvalue weighted by Crippen LogP contribution is -2.22. The molecule has 0 spiro atoms. The van der Waals surface area contributed by atoms with Gasteiger partial charge in [0.15, 0.2) is 0 Å². The first-order valence-electron chi connectivity index (χ1n) is 10.1. The predicted molar refractivity (Wildman–Crippen MR) is 120 cm³/mol. The van der Waals surface area contributed by atoms with E-state index in [2.05, 4.69) is 29.0 Å². The maximum atomic E-state index is 12.5. The van der Waals surface area contributed by atoms with E-state index in [0.29, 0.717) is 28.4 Å². The smallest absolute Gasteiger partial charge is 0.255 e. The average Bonchev–Trinajstić information content (AvgIpc) is 2.79. The normalized spacial score (nSPS) is 10.7. The lowest BCUT2D eigenvalue weighted by atomic mass is 10.1. The van der Waals surface area contributed by atoms with Crippen molar-refractivity contribution in [3.63, 3.8) is 0 Å². The van der Waals surface area contributed by atoms with E-state index >= 15 is 0 Å². The fraction of sp³-hybridized carbons (Fsp3) is 0.208. The number of primary amides is 1. The molecule has 2 amide bonds. The summed E-state index contributed by atoms with van der Waals surface area (Å²) in [7, 11) is 0.